The zero-order chi connectivity index (χ0) is 26.0. The number of halogens is 1. The zero-order valence-electron chi connectivity index (χ0n) is 19.8. The number of rotatable bonds is 6. The Morgan fingerprint density at radius 1 is 1.03 bits per heavy atom. The van der Waals surface area contributed by atoms with E-state index in [1.807, 2.05) is 0 Å². The summed E-state index contributed by atoms with van der Waals surface area (Å²) in [5, 5.41) is 11.2. The Morgan fingerprint density at radius 3 is 2.25 bits per heavy atom. The maximum atomic E-state index is 13.3. The van der Waals surface area contributed by atoms with Crippen LogP contribution in [0.4, 0.5) is 5.69 Å². The average Bonchev–Trinajstić information content (AvgIpc) is 3.14. The van der Waals surface area contributed by atoms with Crippen LogP contribution in [0.25, 0.3) is 5.76 Å². The van der Waals surface area contributed by atoms with Gasteiger partial charge in [-0.1, -0.05) is 0 Å². The second-order valence-corrected chi connectivity index (χ2v) is 9.15. The molecule has 0 radical (unpaired) electrons. The van der Waals surface area contributed by atoms with Crippen LogP contribution >= 0.6 is 15.9 Å². The number of aliphatic hydroxyl groups excluding tert-OH is 1. The summed E-state index contributed by atoms with van der Waals surface area (Å²) >= 11 is 3.39. The minimum absolute atomic E-state index is 0.0634. The second kappa shape index (κ2) is 10.3. The van der Waals surface area contributed by atoms with E-state index in [-0.39, 0.29) is 17.4 Å². The molecule has 9 heteroatoms. The number of aromatic nitrogens is 1. The van der Waals surface area contributed by atoms with Crippen molar-refractivity contribution in [2.45, 2.75) is 26.0 Å². The van der Waals surface area contributed by atoms with Crippen LogP contribution in [0.15, 0.2) is 77.0 Å². The molecule has 0 spiro atoms. The molecule has 1 aliphatic rings. The SMILES string of the molecule is COc1ccc(/C(O)=C2/C(=O)C(=O)N(c3ccc(C(=O)OC(C)C)cc3)C2c2ccncc2)cc1Br. The van der Waals surface area contributed by atoms with E-state index in [1.54, 1.807) is 68.7 Å². The van der Waals surface area contributed by atoms with Gasteiger partial charge < -0.3 is 14.6 Å². The van der Waals surface area contributed by atoms with Crippen LogP contribution in [0.3, 0.4) is 0 Å². The number of esters is 1. The number of nitrogens with zero attached hydrogens (tertiary/aromatic N) is 2. The number of hydrogen-bond acceptors (Lipinski definition) is 7. The number of Topliss-reactive ketones (excluding diaryl/α,β-unsaturated/α-hetero) is 1. The summed E-state index contributed by atoms with van der Waals surface area (Å²) in [7, 11) is 1.52. The van der Waals surface area contributed by atoms with Gasteiger partial charge in [0, 0.05) is 23.6 Å². The smallest absolute Gasteiger partial charge is 0.338 e. The molecule has 1 amide bonds. The number of carbonyl (C=O) groups is 3. The molecule has 184 valence electrons. The quantitative estimate of drug-likeness (QED) is 0.198. The highest BCUT2D eigenvalue weighted by Gasteiger charge is 2.47. The monoisotopic (exact) mass is 550 g/mol. The standard InChI is InChI=1S/C27H23BrN2O6/c1-15(2)36-27(34)17-4-7-19(8-5-17)30-23(16-10-12-29-13-11-16)22(25(32)26(30)33)24(31)18-6-9-21(35-3)20(28)14-18/h4-15,23,31H,1-3H3/b24-22-. The van der Waals surface area contributed by atoms with Crippen molar-refractivity contribution in [3.05, 3.63) is 93.7 Å². The number of amides is 1. The van der Waals surface area contributed by atoms with Crippen molar-refractivity contribution in [2.75, 3.05) is 12.0 Å². The summed E-state index contributed by atoms with van der Waals surface area (Å²) in [5.74, 6) is -1.89. The van der Waals surface area contributed by atoms with Crippen molar-refractivity contribution in [1.82, 2.24) is 4.98 Å². The molecule has 0 bridgehead atoms. The molecule has 1 unspecified atom stereocenters. The summed E-state index contributed by atoms with van der Waals surface area (Å²) in [6.45, 7) is 3.50. The molecule has 2 heterocycles. The lowest BCUT2D eigenvalue weighted by molar-refractivity contribution is -0.132. The van der Waals surface area contributed by atoms with Gasteiger partial charge in [-0.15, -0.1) is 0 Å². The largest absolute Gasteiger partial charge is 0.507 e. The number of pyridine rings is 1. The predicted octanol–water partition coefficient (Wildman–Crippen LogP) is 5.04. The van der Waals surface area contributed by atoms with Gasteiger partial charge in [0.1, 0.15) is 11.5 Å². The Bertz CT molecular complexity index is 1350. The van der Waals surface area contributed by atoms with Gasteiger partial charge in [0.15, 0.2) is 0 Å². The molecule has 4 rings (SSSR count). The molecule has 1 aliphatic heterocycles. The lowest BCUT2D eigenvalue weighted by Crippen LogP contribution is -2.29. The van der Waals surface area contributed by atoms with E-state index in [1.165, 1.54) is 24.1 Å². The van der Waals surface area contributed by atoms with Gasteiger partial charge in [0.25, 0.3) is 11.7 Å². The fourth-order valence-corrected chi connectivity index (χ4v) is 4.51. The molecule has 0 saturated carbocycles. The third-order valence-corrected chi connectivity index (χ3v) is 6.24. The molecule has 1 N–H and O–H groups in total. The molecule has 0 aliphatic carbocycles. The van der Waals surface area contributed by atoms with Gasteiger partial charge in [0.2, 0.25) is 0 Å². The van der Waals surface area contributed by atoms with E-state index >= 15 is 0 Å². The molecule has 1 saturated heterocycles. The highest BCUT2D eigenvalue weighted by molar-refractivity contribution is 9.10. The van der Waals surface area contributed by atoms with E-state index in [4.69, 9.17) is 9.47 Å². The number of benzene rings is 2. The van der Waals surface area contributed by atoms with E-state index in [0.717, 1.165) is 0 Å². The first kappa shape index (κ1) is 25.1. The van der Waals surface area contributed by atoms with E-state index < -0.39 is 23.7 Å². The molecule has 36 heavy (non-hydrogen) atoms. The number of aliphatic hydroxyl groups is 1. The summed E-state index contributed by atoms with van der Waals surface area (Å²) in [6.07, 6.45) is 2.81. The lowest BCUT2D eigenvalue weighted by atomic mass is 9.95. The summed E-state index contributed by atoms with van der Waals surface area (Å²) in [6, 6.07) is 13.5. The Morgan fingerprint density at radius 2 is 1.67 bits per heavy atom. The third kappa shape index (κ3) is 4.74. The minimum atomic E-state index is -0.914. The van der Waals surface area contributed by atoms with Gasteiger partial charge in [-0.05, 0) is 89.9 Å². The van der Waals surface area contributed by atoms with Crippen molar-refractivity contribution >= 4 is 45.0 Å². The number of ether oxygens (including phenoxy) is 2. The van der Waals surface area contributed by atoms with Crippen LogP contribution in [0.2, 0.25) is 0 Å². The highest BCUT2D eigenvalue weighted by Crippen LogP contribution is 2.42. The number of anilines is 1. The third-order valence-electron chi connectivity index (χ3n) is 5.62. The summed E-state index contributed by atoms with van der Waals surface area (Å²) in [5.41, 5.74) is 1.56. The highest BCUT2D eigenvalue weighted by atomic mass is 79.9. The van der Waals surface area contributed by atoms with Crippen LogP contribution in [0.5, 0.6) is 5.75 Å². The molecule has 3 aromatic rings. The summed E-state index contributed by atoms with van der Waals surface area (Å²) < 4.78 is 11.0. The van der Waals surface area contributed by atoms with E-state index in [9.17, 15) is 19.5 Å². The van der Waals surface area contributed by atoms with Crippen molar-refractivity contribution in [1.29, 1.82) is 0 Å². The maximum Gasteiger partial charge on any atom is 0.338 e. The fourth-order valence-electron chi connectivity index (χ4n) is 3.97. The first-order valence-corrected chi connectivity index (χ1v) is 11.9. The zero-order valence-corrected chi connectivity index (χ0v) is 21.4. The van der Waals surface area contributed by atoms with Gasteiger partial charge in [0.05, 0.1) is 34.9 Å². The van der Waals surface area contributed by atoms with E-state index in [2.05, 4.69) is 20.9 Å². The lowest BCUT2D eigenvalue weighted by Gasteiger charge is -2.25. The van der Waals surface area contributed by atoms with Crippen molar-refractivity contribution in [3.8, 4) is 5.75 Å². The van der Waals surface area contributed by atoms with Crippen molar-refractivity contribution in [2.24, 2.45) is 0 Å². The molecule has 1 aromatic heterocycles. The van der Waals surface area contributed by atoms with Gasteiger partial charge in [-0.2, -0.15) is 0 Å². The van der Waals surface area contributed by atoms with Crippen LogP contribution in [0, 0.1) is 0 Å². The Kier molecular flexibility index (Phi) is 7.21. The number of hydrogen-bond donors (Lipinski definition) is 1. The topological polar surface area (TPSA) is 106 Å². The van der Waals surface area contributed by atoms with Crippen LogP contribution in [-0.4, -0.2) is 41.0 Å². The Hall–Kier alpha value is -3.98. The normalized spacial score (nSPS) is 16.9. The Labute approximate surface area is 216 Å². The molecule has 1 fully saturated rings. The number of methoxy groups -OCH3 is 1. The molecule has 8 nitrogen and oxygen atoms in total. The Balaban J connectivity index is 1.83. The summed E-state index contributed by atoms with van der Waals surface area (Å²) in [4.78, 5) is 44.1. The number of ketones is 1. The van der Waals surface area contributed by atoms with Crippen LogP contribution < -0.4 is 9.64 Å². The maximum absolute atomic E-state index is 13.3. The van der Waals surface area contributed by atoms with Gasteiger partial charge >= 0.3 is 5.97 Å². The van der Waals surface area contributed by atoms with Crippen LogP contribution in [0.1, 0.15) is 41.4 Å². The van der Waals surface area contributed by atoms with Gasteiger partial charge in [-0.3, -0.25) is 19.5 Å². The van der Waals surface area contributed by atoms with Gasteiger partial charge in [-0.25, -0.2) is 4.79 Å². The van der Waals surface area contributed by atoms with Crippen molar-refractivity contribution < 1.29 is 29.0 Å². The minimum Gasteiger partial charge on any atom is -0.507 e. The average molecular weight is 551 g/mol. The molecule has 1 atom stereocenters. The molecular weight excluding hydrogens is 528 g/mol. The molecule has 2 aromatic carbocycles. The second-order valence-electron chi connectivity index (χ2n) is 8.30. The predicted molar refractivity (Wildman–Crippen MR) is 137 cm³/mol. The first-order valence-electron chi connectivity index (χ1n) is 11.1. The van der Waals surface area contributed by atoms with E-state index in [0.29, 0.717) is 32.6 Å². The molecular formula is C27H23BrN2O6. The fraction of sp³-hybridized carbons (Fsp3) is 0.185. The van der Waals surface area contributed by atoms with Crippen molar-refractivity contribution in [3.63, 3.8) is 0 Å². The van der Waals surface area contributed by atoms with Crippen LogP contribution in [-0.2, 0) is 14.3 Å². The first-order chi connectivity index (χ1) is 17.2. The number of carbonyl (C=O) groups excluding carboxylic acids is 3.